The third-order valence-corrected chi connectivity index (χ3v) is 6.02. The average molecular weight is 423 g/mol. The third-order valence-electron chi connectivity index (χ3n) is 6.02. The van der Waals surface area contributed by atoms with Gasteiger partial charge in [-0.1, -0.05) is 54.1 Å². The van der Waals surface area contributed by atoms with Crippen molar-refractivity contribution in [2.24, 2.45) is 0 Å². The van der Waals surface area contributed by atoms with E-state index >= 15 is 0 Å². The van der Waals surface area contributed by atoms with Crippen LogP contribution in [0.1, 0.15) is 23.6 Å². The Bertz CT molecular complexity index is 1320. The molecule has 4 aromatic rings. The van der Waals surface area contributed by atoms with Gasteiger partial charge in [0.05, 0.1) is 12.2 Å². The van der Waals surface area contributed by atoms with E-state index in [0.29, 0.717) is 13.2 Å². The van der Waals surface area contributed by atoms with Gasteiger partial charge < -0.3 is 14.2 Å². The molecule has 0 fully saturated rings. The highest BCUT2D eigenvalue weighted by Crippen LogP contribution is 2.38. The molecule has 4 nitrogen and oxygen atoms in total. The summed E-state index contributed by atoms with van der Waals surface area (Å²) in [4.78, 5) is 15.0. The highest BCUT2D eigenvalue weighted by molar-refractivity contribution is 6.36. The Kier molecular flexibility index (Phi) is 5.28. The van der Waals surface area contributed by atoms with E-state index in [1.54, 1.807) is 0 Å². The Balaban J connectivity index is 1.47. The van der Waals surface area contributed by atoms with Crippen LogP contribution in [0, 0.1) is 6.92 Å². The van der Waals surface area contributed by atoms with Crippen molar-refractivity contribution < 1.29 is 9.53 Å². The monoisotopic (exact) mass is 422 g/mol. The minimum Gasteiger partial charge on any atom is -0.492 e. The molecule has 0 saturated carbocycles. The van der Waals surface area contributed by atoms with Gasteiger partial charge in [0.1, 0.15) is 12.4 Å². The molecule has 3 aromatic carbocycles. The number of nitrogens with zero attached hydrogens (tertiary/aromatic N) is 2. The van der Waals surface area contributed by atoms with Crippen LogP contribution in [0.4, 0.5) is 5.69 Å². The zero-order valence-electron chi connectivity index (χ0n) is 18.4. The molecule has 32 heavy (non-hydrogen) atoms. The molecule has 1 aromatic heterocycles. The van der Waals surface area contributed by atoms with E-state index in [9.17, 15) is 4.79 Å². The molecule has 0 radical (unpaired) electrons. The first kappa shape index (κ1) is 20.1. The van der Waals surface area contributed by atoms with Gasteiger partial charge >= 0.3 is 0 Å². The van der Waals surface area contributed by atoms with Crippen LogP contribution in [0.25, 0.3) is 22.6 Å². The smallest absolute Gasteiger partial charge is 0.258 e. The molecule has 5 rings (SSSR count). The highest BCUT2D eigenvalue weighted by Gasteiger charge is 2.31. The lowest BCUT2D eigenvalue weighted by atomic mass is 10.0. The second-order valence-corrected chi connectivity index (χ2v) is 8.08. The Hall–Kier alpha value is -3.79. The second kappa shape index (κ2) is 8.39. The maximum Gasteiger partial charge on any atom is 0.258 e. The lowest BCUT2D eigenvalue weighted by Gasteiger charge is -2.13. The molecular weight excluding hydrogens is 396 g/mol. The van der Waals surface area contributed by atoms with Crippen LogP contribution in [0.2, 0.25) is 0 Å². The van der Waals surface area contributed by atoms with Crippen molar-refractivity contribution in [1.82, 2.24) is 4.57 Å². The SMILES string of the molecule is CCN1C(=O)/C(=C/c2cn(CCOc3ccc(C)cc3)c3ccccc23)c2ccccc21. The van der Waals surface area contributed by atoms with Gasteiger partial charge in [0.2, 0.25) is 0 Å². The van der Waals surface area contributed by atoms with Crippen molar-refractivity contribution in [2.75, 3.05) is 18.1 Å². The Morgan fingerprint density at radius 3 is 2.50 bits per heavy atom. The number of likely N-dealkylation sites (N-methyl/N-ethyl adjacent to an activating group) is 1. The first-order valence-electron chi connectivity index (χ1n) is 11.1. The molecule has 0 N–H and O–H groups in total. The first-order chi connectivity index (χ1) is 15.7. The maximum atomic E-state index is 13.1. The molecular formula is C28H26N2O2. The number of benzene rings is 3. The number of aryl methyl sites for hydroxylation is 1. The molecule has 0 atom stereocenters. The fourth-order valence-corrected chi connectivity index (χ4v) is 4.39. The van der Waals surface area contributed by atoms with Crippen molar-refractivity contribution in [3.05, 3.63) is 95.7 Å². The first-order valence-corrected chi connectivity index (χ1v) is 11.1. The van der Waals surface area contributed by atoms with Gasteiger partial charge in [-0.3, -0.25) is 4.79 Å². The van der Waals surface area contributed by atoms with Crippen molar-refractivity contribution in [1.29, 1.82) is 0 Å². The number of anilines is 1. The van der Waals surface area contributed by atoms with Crippen LogP contribution in [0.5, 0.6) is 5.75 Å². The van der Waals surface area contributed by atoms with Gasteiger partial charge in [0, 0.05) is 40.3 Å². The van der Waals surface area contributed by atoms with Gasteiger partial charge in [-0.05, 0) is 44.2 Å². The molecule has 1 aliphatic rings. The van der Waals surface area contributed by atoms with Gasteiger partial charge in [-0.25, -0.2) is 0 Å². The van der Waals surface area contributed by atoms with Gasteiger partial charge in [-0.2, -0.15) is 0 Å². The minimum atomic E-state index is 0.0632. The van der Waals surface area contributed by atoms with Crippen molar-refractivity contribution >= 4 is 34.1 Å². The van der Waals surface area contributed by atoms with E-state index < -0.39 is 0 Å². The van der Waals surface area contributed by atoms with Crippen molar-refractivity contribution in [3.63, 3.8) is 0 Å². The zero-order valence-corrected chi connectivity index (χ0v) is 18.4. The fraction of sp³-hybridized carbons (Fsp3) is 0.179. The van der Waals surface area contributed by atoms with Crippen LogP contribution >= 0.6 is 0 Å². The maximum absolute atomic E-state index is 13.1. The predicted octanol–water partition coefficient (Wildman–Crippen LogP) is 5.94. The van der Waals surface area contributed by atoms with Crippen molar-refractivity contribution in [3.8, 4) is 5.75 Å². The number of fused-ring (bicyclic) bond motifs is 2. The van der Waals surface area contributed by atoms with E-state index in [1.165, 1.54) is 5.56 Å². The molecule has 1 aliphatic heterocycles. The second-order valence-electron chi connectivity index (χ2n) is 8.08. The average Bonchev–Trinajstić information content (AvgIpc) is 3.30. The van der Waals surface area contributed by atoms with Gasteiger partial charge in [0.15, 0.2) is 0 Å². The summed E-state index contributed by atoms with van der Waals surface area (Å²) in [6.45, 7) is 6.04. The quantitative estimate of drug-likeness (QED) is 0.361. The number of para-hydroxylation sites is 2. The van der Waals surface area contributed by atoms with Crippen molar-refractivity contribution in [2.45, 2.75) is 20.4 Å². The van der Waals surface area contributed by atoms with E-state index in [2.05, 4.69) is 42.0 Å². The summed E-state index contributed by atoms with van der Waals surface area (Å²) in [7, 11) is 0. The molecule has 0 spiro atoms. The summed E-state index contributed by atoms with van der Waals surface area (Å²) >= 11 is 0. The van der Waals surface area contributed by atoms with Crippen LogP contribution in [-0.2, 0) is 11.3 Å². The van der Waals surface area contributed by atoms with E-state index in [4.69, 9.17) is 4.74 Å². The van der Waals surface area contributed by atoms with E-state index in [1.807, 2.05) is 66.4 Å². The summed E-state index contributed by atoms with van der Waals surface area (Å²) in [5, 5.41) is 1.13. The summed E-state index contributed by atoms with van der Waals surface area (Å²) in [5.41, 5.74) is 6.14. The Labute approximate surface area is 188 Å². The summed E-state index contributed by atoms with van der Waals surface area (Å²) in [6.07, 6.45) is 4.16. The van der Waals surface area contributed by atoms with Crippen LogP contribution in [0.3, 0.4) is 0 Å². The normalized spacial score (nSPS) is 14.4. The Morgan fingerprint density at radius 1 is 0.938 bits per heavy atom. The van der Waals surface area contributed by atoms with Crippen LogP contribution < -0.4 is 9.64 Å². The molecule has 0 bridgehead atoms. The minimum absolute atomic E-state index is 0.0632. The van der Waals surface area contributed by atoms with Crippen LogP contribution in [0.15, 0.2) is 79.0 Å². The molecule has 4 heteroatoms. The summed E-state index contributed by atoms with van der Waals surface area (Å²) < 4.78 is 8.16. The fourth-order valence-electron chi connectivity index (χ4n) is 4.39. The van der Waals surface area contributed by atoms with Gasteiger partial charge in [-0.15, -0.1) is 0 Å². The van der Waals surface area contributed by atoms with Gasteiger partial charge in [0.25, 0.3) is 5.91 Å². The molecule has 0 unspecified atom stereocenters. The number of carbonyl (C=O) groups excluding carboxylic acids is 1. The molecule has 160 valence electrons. The summed E-state index contributed by atoms with van der Waals surface area (Å²) in [6, 6.07) is 24.5. The third kappa shape index (κ3) is 3.58. The lowest BCUT2D eigenvalue weighted by Crippen LogP contribution is -2.25. The number of ether oxygens (including phenoxy) is 1. The predicted molar refractivity (Wildman–Crippen MR) is 131 cm³/mol. The number of hydrogen-bond acceptors (Lipinski definition) is 2. The number of amides is 1. The number of rotatable bonds is 6. The van der Waals surface area contributed by atoms with Crippen LogP contribution in [-0.4, -0.2) is 23.6 Å². The number of aromatic nitrogens is 1. The zero-order chi connectivity index (χ0) is 22.1. The molecule has 2 heterocycles. The topological polar surface area (TPSA) is 34.5 Å². The summed E-state index contributed by atoms with van der Waals surface area (Å²) in [5.74, 6) is 0.940. The Morgan fingerprint density at radius 2 is 1.69 bits per heavy atom. The molecule has 0 aliphatic carbocycles. The highest BCUT2D eigenvalue weighted by atomic mass is 16.5. The number of hydrogen-bond donors (Lipinski definition) is 0. The standard InChI is InChI=1S/C28H26N2O2/c1-3-30-27-11-7-5-9-24(27)25(28(30)31)18-21-19-29(26-10-6-4-8-23(21)26)16-17-32-22-14-12-20(2)13-15-22/h4-15,18-19H,3,16-17H2,1-2H3/b25-18+. The molecule has 1 amide bonds. The van der Waals surface area contributed by atoms with E-state index in [0.717, 1.165) is 45.6 Å². The van der Waals surface area contributed by atoms with E-state index in [-0.39, 0.29) is 5.91 Å². The number of carbonyl (C=O) groups is 1. The largest absolute Gasteiger partial charge is 0.492 e. The molecule has 0 saturated heterocycles. The lowest BCUT2D eigenvalue weighted by molar-refractivity contribution is -0.112.